The summed E-state index contributed by atoms with van der Waals surface area (Å²) in [5.41, 5.74) is -0.783. The highest BCUT2D eigenvalue weighted by atomic mass is 16.7. The van der Waals surface area contributed by atoms with Gasteiger partial charge in [0, 0.05) is 11.8 Å². The molecule has 0 spiro atoms. The average molecular weight is 539 g/mol. The van der Waals surface area contributed by atoms with E-state index in [4.69, 9.17) is 18.9 Å². The van der Waals surface area contributed by atoms with Crippen LogP contribution in [0, 0.1) is 17.8 Å². The van der Waals surface area contributed by atoms with Crippen molar-refractivity contribution in [3.05, 3.63) is 120 Å². The summed E-state index contributed by atoms with van der Waals surface area (Å²) < 4.78 is 23.4. The number of carbonyl (C=O) groups excluding carboxylic acids is 4. The van der Waals surface area contributed by atoms with Crippen molar-refractivity contribution in [2.75, 3.05) is 6.61 Å². The number of hydrogen-bond acceptors (Lipinski definition) is 8. The molecule has 2 fully saturated rings. The summed E-state index contributed by atoms with van der Waals surface area (Å²) in [6.07, 6.45) is 1.84. The fourth-order valence-electron chi connectivity index (χ4n) is 6.02. The van der Waals surface area contributed by atoms with Crippen LogP contribution in [0.4, 0.5) is 0 Å². The molecule has 6 rings (SSSR count). The van der Waals surface area contributed by atoms with Crippen LogP contribution in [0.15, 0.2) is 103 Å². The smallest absolute Gasteiger partial charge is 0.340 e. The number of ketones is 1. The summed E-state index contributed by atoms with van der Waals surface area (Å²) in [6.45, 7) is -0.229. The second kappa shape index (κ2) is 10.5. The Balaban J connectivity index is 1.33. The number of fused-ring (bicyclic) bond motifs is 5. The topological polar surface area (TPSA) is 105 Å². The molecule has 6 unspecified atom stereocenters. The van der Waals surface area contributed by atoms with E-state index in [1.807, 2.05) is 12.2 Å². The highest BCUT2D eigenvalue weighted by Crippen LogP contribution is 2.57. The third-order valence-corrected chi connectivity index (χ3v) is 7.80. The summed E-state index contributed by atoms with van der Waals surface area (Å²) in [5, 5.41) is 0. The highest BCUT2D eigenvalue weighted by Gasteiger charge is 2.70. The van der Waals surface area contributed by atoms with E-state index in [1.54, 1.807) is 91.0 Å². The standard InChI is InChI=1S/C32H26O8/c33-27-31(39-29(35)21-12-6-2-7-13-21)38-25(19-37-28(34)20-10-4-1-5-11-20)26-23-16-17-24(18-23)32(26,27)40-30(36)22-14-8-3-9-15-22/h1-17,23-26,31H,18-19H2. The first-order chi connectivity index (χ1) is 19.5. The van der Waals surface area contributed by atoms with Crippen LogP contribution in [-0.2, 0) is 23.7 Å². The molecule has 0 radical (unpaired) electrons. The third kappa shape index (κ3) is 4.50. The van der Waals surface area contributed by atoms with E-state index in [2.05, 4.69) is 0 Å². The molecule has 3 aromatic carbocycles. The Morgan fingerprint density at radius 1 is 0.750 bits per heavy atom. The molecule has 202 valence electrons. The lowest BCUT2D eigenvalue weighted by atomic mass is 9.71. The highest BCUT2D eigenvalue weighted by molar-refractivity contribution is 6.00. The van der Waals surface area contributed by atoms with Crippen LogP contribution in [0.25, 0.3) is 0 Å². The Labute approximate surface area is 230 Å². The molecule has 6 atom stereocenters. The Morgan fingerprint density at radius 2 is 1.30 bits per heavy atom. The first-order valence-corrected chi connectivity index (χ1v) is 13.1. The van der Waals surface area contributed by atoms with Gasteiger partial charge in [0.05, 0.1) is 16.7 Å². The zero-order valence-corrected chi connectivity index (χ0v) is 21.4. The number of hydrogen-bond donors (Lipinski definition) is 0. The number of Topliss-reactive ketones (excluding diaryl/α,β-unsaturated/α-hetero) is 1. The molecule has 0 amide bonds. The third-order valence-electron chi connectivity index (χ3n) is 7.80. The molecule has 1 heterocycles. The fraction of sp³-hybridized carbons (Fsp3) is 0.250. The predicted molar refractivity (Wildman–Crippen MR) is 141 cm³/mol. The van der Waals surface area contributed by atoms with Crippen LogP contribution >= 0.6 is 0 Å². The number of rotatable bonds is 7. The number of benzene rings is 3. The van der Waals surface area contributed by atoms with Crippen molar-refractivity contribution in [3.63, 3.8) is 0 Å². The minimum absolute atomic E-state index is 0.163. The minimum Gasteiger partial charge on any atom is -0.459 e. The molecule has 0 N–H and O–H groups in total. The van der Waals surface area contributed by atoms with E-state index < -0.39 is 53.5 Å². The van der Waals surface area contributed by atoms with Crippen molar-refractivity contribution in [3.8, 4) is 0 Å². The van der Waals surface area contributed by atoms with Crippen LogP contribution in [-0.4, -0.2) is 48.3 Å². The van der Waals surface area contributed by atoms with Gasteiger partial charge in [0.25, 0.3) is 6.29 Å². The lowest BCUT2D eigenvalue weighted by molar-refractivity contribution is -0.236. The SMILES string of the molecule is O=C(OCC1OC(OC(=O)c2ccccc2)C(=O)C2(OC(=O)c3ccccc3)C3C=CC(C3)C12)c1ccccc1. The first-order valence-electron chi connectivity index (χ1n) is 13.1. The van der Waals surface area contributed by atoms with Gasteiger partial charge in [0.15, 0.2) is 5.60 Å². The molecular weight excluding hydrogens is 512 g/mol. The van der Waals surface area contributed by atoms with Gasteiger partial charge in [-0.05, 0) is 48.7 Å². The van der Waals surface area contributed by atoms with E-state index in [0.717, 1.165) is 0 Å². The first kappa shape index (κ1) is 25.7. The largest absolute Gasteiger partial charge is 0.459 e. The van der Waals surface area contributed by atoms with Crippen LogP contribution in [0.1, 0.15) is 37.5 Å². The zero-order valence-electron chi connectivity index (χ0n) is 21.4. The Kier molecular flexibility index (Phi) is 6.77. The van der Waals surface area contributed by atoms with Gasteiger partial charge in [-0.3, -0.25) is 4.79 Å². The Morgan fingerprint density at radius 3 is 1.90 bits per heavy atom. The second-order valence-electron chi connectivity index (χ2n) is 10.1. The molecule has 1 saturated carbocycles. The van der Waals surface area contributed by atoms with Gasteiger partial charge in [0.1, 0.15) is 12.7 Å². The van der Waals surface area contributed by atoms with Gasteiger partial charge in [-0.25, -0.2) is 14.4 Å². The summed E-state index contributed by atoms with van der Waals surface area (Å²) in [6, 6.07) is 25.1. The van der Waals surface area contributed by atoms with Gasteiger partial charge >= 0.3 is 17.9 Å². The number of esters is 3. The molecule has 3 aromatic rings. The Hall–Kier alpha value is -4.56. The quantitative estimate of drug-likeness (QED) is 0.248. The van der Waals surface area contributed by atoms with Gasteiger partial charge in [-0.2, -0.15) is 0 Å². The van der Waals surface area contributed by atoms with Crippen molar-refractivity contribution in [2.45, 2.75) is 24.4 Å². The monoisotopic (exact) mass is 538 g/mol. The fourth-order valence-corrected chi connectivity index (χ4v) is 6.02. The normalized spacial score (nSPS) is 28.0. The van der Waals surface area contributed by atoms with E-state index in [0.29, 0.717) is 12.0 Å². The lowest BCUT2D eigenvalue weighted by Gasteiger charge is -2.48. The molecule has 8 heteroatoms. The van der Waals surface area contributed by atoms with Crippen LogP contribution in [0.2, 0.25) is 0 Å². The summed E-state index contributed by atoms with van der Waals surface area (Å²) >= 11 is 0. The molecule has 0 aromatic heterocycles. The van der Waals surface area contributed by atoms with Crippen molar-refractivity contribution in [2.24, 2.45) is 17.8 Å². The number of ether oxygens (including phenoxy) is 4. The second-order valence-corrected chi connectivity index (χ2v) is 10.1. The number of allylic oxidation sites excluding steroid dienone is 1. The maximum Gasteiger partial charge on any atom is 0.340 e. The van der Waals surface area contributed by atoms with Crippen molar-refractivity contribution < 1.29 is 38.1 Å². The summed E-state index contributed by atoms with van der Waals surface area (Å²) in [5.74, 6) is -3.90. The molecule has 8 nitrogen and oxygen atoms in total. The van der Waals surface area contributed by atoms with Crippen LogP contribution < -0.4 is 0 Å². The molecular formula is C32H26O8. The van der Waals surface area contributed by atoms with Crippen molar-refractivity contribution in [1.29, 1.82) is 0 Å². The van der Waals surface area contributed by atoms with Gasteiger partial charge < -0.3 is 18.9 Å². The van der Waals surface area contributed by atoms with Crippen molar-refractivity contribution in [1.82, 2.24) is 0 Å². The zero-order chi connectivity index (χ0) is 27.7. The van der Waals surface area contributed by atoms with E-state index in [1.165, 1.54) is 0 Å². The van der Waals surface area contributed by atoms with Gasteiger partial charge in [-0.1, -0.05) is 66.7 Å². The molecule has 3 aliphatic rings. The maximum atomic E-state index is 14.1. The van der Waals surface area contributed by atoms with Crippen molar-refractivity contribution >= 4 is 23.7 Å². The minimum atomic E-state index is -1.67. The van der Waals surface area contributed by atoms with E-state index in [-0.39, 0.29) is 23.7 Å². The molecule has 2 bridgehead atoms. The van der Waals surface area contributed by atoms with E-state index in [9.17, 15) is 19.2 Å². The Bertz CT molecular complexity index is 1450. The lowest BCUT2D eigenvalue weighted by Crippen LogP contribution is -2.66. The molecule has 2 aliphatic carbocycles. The van der Waals surface area contributed by atoms with Gasteiger partial charge in [0.2, 0.25) is 5.78 Å². The molecule has 40 heavy (non-hydrogen) atoms. The maximum absolute atomic E-state index is 14.1. The number of carbonyl (C=O) groups is 4. The molecule has 1 aliphatic heterocycles. The predicted octanol–water partition coefficient (Wildman–Crippen LogP) is 4.41. The summed E-state index contributed by atoms with van der Waals surface area (Å²) in [4.78, 5) is 53.2. The van der Waals surface area contributed by atoms with Gasteiger partial charge in [-0.15, -0.1) is 0 Å². The van der Waals surface area contributed by atoms with Crippen LogP contribution in [0.3, 0.4) is 0 Å². The molecule has 1 saturated heterocycles. The van der Waals surface area contributed by atoms with E-state index >= 15 is 0 Å². The average Bonchev–Trinajstić information content (AvgIpc) is 3.61. The summed E-state index contributed by atoms with van der Waals surface area (Å²) in [7, 11) is 0. The van der Waals surface area contributed by atoms with Crippen LogP contribution in [0.5, 0.6) is 0 Å².